The van der Waals surface area contributed by atoms with Crippen LogP contribution in [-0.4, -0.2) is 22.6 Å². The molecule has 0 aliphatic heterocycles. The van der Waals surface area contributed by atoms with Crippen molar-refractivity contribution >= 4 is 23.2 Å². The van der Waals surface area contributed by atoms with Gasteiger partial charge in [0.05, 0.1) is 12.2 Å². The number of ether oxygens (including phenoxy) is 1. The molecule has 2 N–H and O–H groups in total. The van der Waals surface area contributed by atoms with E-state index in [1.165, 1.54) is 0 Å². The Balaban J connectivity index is 1.79. The highest BCUT2D eigenvalue weighted by Gasteiger charge is 2.43. The van der Waals surface area contributed by atoms with Crippen molar-refractivity contribution in [1.82, 2.24) is 14.9 Å². The lowest BCUT2D eigenvalue weighted by Gasteiger charge is -2.16. The van der Waals surface area contributed by atoms with E-state index in [0.29, 0.717) is 35.2 Å². The summed E-state index contributed by atoms with van der Waals surface area (Å²) in [6.07, 6.45) is 5.35. The van der Waals surface area contributed by atoms with Crippen LogP contribution in [0, 0.1) is 18.8 Å². The van der Waals surface area contributed by atoms with Gasteiger partial charge in [0, 0.05) is 47.9 Å². The van der Waals surface area contributed by atoms with Gasteiger partial charge in [0.15, 0.2) is 0 Å². The number of aromatic nitrogens is 2. The molecule has 0 saturated heterocycles. The van der Waals surface area contributed by atoms with E-state index in [4.69, 9.17) is 16.3 Å². The number of halogens is 1. The molecule has 2 heterocycles. The highest BCUT2D eigenvalue weighted by molar-refractivity contribution is 6.29. The average molecular weight is 489 g/mol. The molecule has 3 aromatic rings. The molecular weight excluding hydrogens is 460 g/mol. The number of carbonyl (C=O) groups excluding carboxylic acids is 1. The lowest BCUT2D eigenvalue weighted by Crippen LogP contribution is -2.18. The van der Waals surface area contributed by atoms with E-state index in [9.17, 15) is 4.79 Å². The number of hydrogen-bond acceptors (Lipinski definition) is 4. The zero-order valence-electron chi connectivity index (χ0n) is 20.2. The van der Waals surface area contributed by atoms with E-state index < -0.39 is 0 Å². The number of methoxy groups -OCH3 is 1. The smallest absolute Gasteiger partial charge is 0.258 e. The fraction of sp³-hybridized carbons (Fsp3) is 0.286. The van der Waals surface area contributed by atoms with Crippen LogP contribution in [0.5, 0.6) is 0 Å². The number of amides is 1. The van der Waals surface area contributed by atoms with Gasteiger partial charge in [-0.3, -0.25) is 4.79 Å². The Hall–Kier alpha value is -3.53. The minimum Gasteiger partial charge on any atom is -0.387 e. The van der Waals surface area contributed by atoms with E-state index in [2.05, 4.69) is 52.5 Å². The maximum absolute atomic E-state index is 13.7. The highest BCUT2D eigenvalue weighted by atomic mass is 35.5. The summed E-state index contributed by atoms with van der Waals surface area (Å²) in [6.45, 7) is 9.02. The molecule has 1 fully saturated rings. The van der Waals surface area contributed by atoms with Crippen molar-refractivity contribution in [2.75, 3.05) is 12.4 Å². The molecule has 0 bridgehead atoms. The van der Waals surface area contributed by atoms with Crippen LogP contribution in [0.1, 0.15) is 58.2 Å². The average Bonchev–Trinajstić information content (AvgIpc) is 3.52. The van der Waals surface area contributed by atoms with Gasteiger partial charge in [0.1, 0.15) is 10.8 Å². The zero-order valence-corrected chi connectivity index (χ0v) is 21.0. The molecule has 6 nitrogen and oxygen atoms in total. The van der Waals surface area contributed by atoms with Crippen LogP contribution in [0.2, 0.25) is 5.15 Å². The Labute approximate surface area is 211 Å². The van der Waals surface area contributed by atoms with Crippen LogP contribution in [0.3, 0.4) is 0 Å². The van der Waals surface area contributed by atoms with Crippen molar-refractivity contribution < 1.29 is 9.53 Å². The number of rotatable bonds is 8. The summed E-state index contributed by atoms with van der Waals surface area (Å²) in [4.78, 5) is 17.8. The second-order valence-electron chi connectivity index (χ2n) is 8.91. The van der Waals surface area contributed by atoms with Crippen LogP contribution < -0.4 is 10.6 Å². The summed E-state index contributed by atoms with van der Waals surface area (Å²) in [5.74, 6) is 6.27. The molecule has 7 heteroatoms. The highest BCUT2D eigenvalue weighted by Crippen LogP contribution is 2.46. The number of nitrogens with zero attached hydrogens (tertiary/aromatic N) is 2. The fourth-order valence-electron chi connectivity index (χ4n) is 4.20. The maximum Gasteiger partial charge on any atom is 0.258 e. The first-order chi connectivity index (χ1) is 16.9. The molecule has 4 rings (SSSR count). The van der Waals surface area contributed by atoms with Gasteiger partial charge in [0.2, 0.25) is 0 Å². The number of anilines is 1. The third kappa shape index (κ3) is 5.43. The first kappa shape index (κ1) is 24.6. The summed E-state index contributed by atoms with van der Waals surface area (Å²) < 4.78 is 7.40. The predicted molar refractivity (Wildman–Crippen MR) is 139 cm³/mol. The third-order valence-corrected chi connectivity index (χ3v) is 6.50. The normalized spacial score (nSPS) is 13.5. The van der Waals surface area contributed by atoms with Crippen molar-refractivity contribution in [3.05, 3.63) is 94.2 Å². The van der Waals surface area contributed by atoms with Crippen LogP contribution in [-0.2, 0) is 23.4 Å². The number of hydrogen-bond donors (Lipinski definition) is 2. The van der Waals surface area contributed by atoms with Crippen LogP contribution in [0.4, 0.5) is 5.69 Å². The summed E-state index contributed by atoms with van der Waals surface area (Å²) in [6, 6.07) is 11.2. The summed E-state index contributed by atoms with van der Waals surface area (Å²) in [7, 11) is 1.66. The lowest BCUT2D eigenvalue weighted by atomic mass is 10.1. The fourth-order valence-corrected chi connectivity index (χ4v) is 4.31. The molecule has 2 aromatic heterocycles. The molecule has 1 aliphatic carbocycles. The van der Waals surface area contributed by atoms with E-state index in [-0.39, 0.29) is 11.4 Å². The van der Waals surface area contributed by atoms with Crippen molar-refractivity contribution in [3.8, 4) is 11.8 Å². The van der Waals surface area contributed by atoms with E-state index >= 15 is 0 Å². The largest absolute Gasteiger partial charge is 0.387 e. The second kappa shape index (κ2) is 10.4. The second-order valence-corrected chi connectivity index (χ2v) is 9.30. The quantitative estimate of drug-likeness (QED) is 0.329. The molecular formula is C28H29ClN4O2. The Kier molecular flexibility index (Phi) is 7.30. The van der Waals surface area contributed by atoms with Crippen LogP contribution in [0.25, 0.3) is 0 Å². The number of carbonyl (C=O) groups is 1. The van der Waals surface area contributed by atoms with Gasteiger partial charge < -0.3 is 19.9 Å². The summed E-state index contributed by atoms with van der Waals surface area (Å²) >= 11 is 5.93. The number of nitrogens with one attached hydrogen (secondary N) is 2. The van der Waals surface area contributed by atoms with Gasteiger partial charge in [-0.25, -0.2) is 4.98 Å². The minimum atomic E-state index is -0.199. The Morgan fingerprint density at radius 1 is 1.26 bits per heavy atom. The van der Waals surface area contributed by atoms with Crippen molar-refractivity contribution in [2.24, 2.45) is 0 Å². The zero-order chi connectivity index (χ0) is 25.0. The van der Waals surface area contributed by atoms with Crippen LogP contribution in [0.15, 0.2) is 55.4 Å². The topological polar surface area (TPSA) is 68.2 Å². The molecule has 0 spiro atoms. The van der Waals surface area contributed by atoms with Crippen molar-refractivity contribution in [2.45, 2.75) is 45.4 Å². The molecule has 0 radical (unpaired) electrons. The van der Waals surface area contributed by atoms with E-state index in [0.717, 1.165) is 35.2 Å². The third-order valence-electron chi connectivity index (χ3n) is 6.27. The molecule has 35 heavy (non-hydrogen) atoms. The summed E-state index contributed by atoms with van der Waals surface area (Å²) in [5.41, 5.74) is 5.62. The lowest BCUT2D eigenvalue weighted by molar-refractivity contribution is 0.102. The standard InChI is InChI=1S/C28H29ClN4O2/c1-5-30-17-23-19(2)33(28(3)14-15-28)24(12-8-20-9-13-25(29)31-16-20)26(23)27(34)32-22-10-6-21(7-11-22)18-35-4/h5-7,9-11,13,16,30H,1,14-15,17-18H2,2-4H3,(H,32,34). The minimum absolute atomic E-state index is 0.0599. The van der Waals surface area contributed by atoms with Gasteiger partial charge in [-0.05, 0) is 68.6 Å². The molecule has 1 aromatic carbocycles. The van der Waals surface area contributed by atoms with Gasteiger partial charge >= 0.3 is 0 Å². The molecule has 1 aliphatic rings. The van der Waals surface area contributed by atoms with Gasteiger partial charge in [0.25, 0.3) is 5.91 Å². The van der Waals surface area contributed by atoms with Crippen molar-refractivity contribution in [1.29, 1.82) is 0 Å². The van der Waals surface area contributed by atoms with Gasteiger partial charge in [-0.2, -0.15) is 0 Å². The monoisotopic (exact) mass is 488 g/mol. The Bertz CT molecular complexity index is 1290. The first-order valence-corrected chi connectivity index (χ1v) is 11.9. The number of pyridine rings is 1. The van der Waals surface area contributed by atoms with Crippen LogP contribution >= 0.6 is 11.6 Å². The molecule has 1 saturated carbocycles. The molecule has 0 atom stereocenters. The predicted octanol–water partition coefficient (Wildman–Crippen LogP) is 5.39. The van der Waals surface area contributed by atoms with E-state index in [1.807, 2.05) is 30.3 Å². The van der Waals surface area contributed by atoms with Crippen molar-refractivity contribution in [3.63, 3.8) is 0 Å². The summed E-state index contributed by atoms with van der Waals surface area (Å²) in [5, 5.41) is 6.63. The van der Waals surface area contributed by atoms with Gasteiger partial charge in [-0.15, -0.1) is 0 Å². The van der Waals surface area contributed by atoms with E-state index in [1.54, 1.807) is 25.6 Å². The number of benzene rings is 1. The SMILES string of the molecule is C=CNCc1c(C(=O)Nc2ccc(COC)cc2)c(C#Cc2ccc(Cl)nc2)n(C2(C)CC2)c1C. The molecule has 0 unspecified atom stereocenters. The maximum atomic E-state index is 13.7. The Morgan fingerprint density at radius 2 is 2.00 bits per heavy atom. The Morgan fingerprint density at radius 3 is 2.60 bits per heavy atom. The molecule has 1 amide bonds. The van der Waals surface area contributed by atoms with Gasteiger partial charge in [-0.1, -0.05) is 36.2 Å². The molecule has 180 valence electrons. The first-order valence-electron chi connectivity index (χ1n) is 11.5.